The summed E-state index contributed by atoms with van der Waals surface area (Å²) in [5.74, 6) is 0.407. The van der Waals surface area contributed by atoms with Crippen molar-refractivity contribution in [1.29, 1.82) is 0 Å². The fourth-order valence-electron chi connectivity index (χ4n) is 2.70. The van der Waals surface area contributed by atoms with Crippen LogP contribution in [-0.2, 0) is 9.59 Å². The highest BCUT2D eigenvalue weighted by molar-refractivity contribution is 5.83. The number of amides is 2. The van der Waals surface area contributed by atoms with Crippen LogP contribution in [0.25, 0.3) is 0 Å². The van der Waals surface area contributed by atoms with Gasteiger partial charge in [0.1, 0.15) is 0 Å². The molecule has 1 fully saturated rings. The van der Waals surface area contributed by atoms with Crippen molar-refractivity contribution in [3.8, 4) is 0 Å². The third-order valence-corrected chi connectivity index (χ3v) is 4.11. The summed E-state index contributed by atoms with van der Waals surface area (Å²) in [6.45, 7) is 6.90. The van der Waals surface area contributed by atoms with Crippen molar-refractivity contribution in [3.05, 3.63) is 0 Å². The van der Waals surface area contributed by atoms with Crippen LogP contribution in [0.3, 0.4) is 0 Å². The van der Waals surface area contributed by atoms with Gasteiger partial charge in [-0.2, -0.15) is 0 Å². The summed E-state index contributed by atoms with van der Waals surface area (Å²) in [7, 11) is 2.08. The van der Waals surface area contributed by atoms with Gasteiger partial charge in [-0.1, -0.05) is 26.7 Å². The Balaban J connectivity index is 2.08. The smallest absolute Gasteiger partial charge is 0.220 e. The van der Waals surface area contributed by atoms with Gasteiger partial charge in [0.05, 0.1) is 0 Å². The molecule has 0 aromatic rings. The molecule has 0 spiro atoms. The highest BCUT2D eigenvalue weighted by Gasteiger charge is 2.17. The van der Waals surface area contributed by atoms with Crippen LogP contribution in [-0.4, -0.2) is 49.4 Å². The number of hydrogen-bond acceptors (Lipinski definition) is 3. The van der Waals surface area contributed by atoms with Crippen molar-refractivity contribution in [2.24, 2.45) is 5.92 Å². The van der Waals surface area contributed by atoms with E-state index in [-0.39, 0.29) is 18.2 Å². The minimum atomic E-state index is -0.0254. The number of carbonyl (C=O) groups excluding carboxylic acids is 2. The van der Waals surface area contributed by atoms with E-state index in [4.69, 9.17) is 0 Å². The van der Waals surface area contributed by atoms with Gasteiger partial charge in [0.25, 0.3) is 0 Å². The molecule has 5 heteroatoms. The van der Waals surface area contributed by atoms with Gasteiger partial charge in [-0.3, -0.25) is 9.59 Å². The topological polar surface area (TPSA) is 61.4 Å². The van der Waals surface area contributed by atoms with Gasteiger partial charge >= 0.3 is 0 Å². The first-order chi connectivity index (χ1) is 10.0. The fourth-order valence-corrected chi connectivity index (χ4v) is 2.70. The zero-order valence-corrected chi connectivity index (χ0v) is 13.8. The van der Waals surface area contributed by atoms with E-state index in [1.165, 1.54) is 12.8 Å². The van der Waals surface area contributed by atoms with E-state index in [2.05, 4.69) is 36.4 Å². The largest absolute Gasteiger partial charge is 0.356 e. The third-order valence-electron chi connectivity index (χ3n) is 4.11. The first-order valence-corrected chi connectivity index (χ1v) is 8.25. The van der Waals surface area contributed by atoms with Gasteiger partial charge in [-0.25, -0.2) is 0 Å². The average Bonchev–Trinajstić information content (AvgIpc) is 2.95. The van der Waals surface area contributed by atoms with Crippen LogP contribution in [0.2, 0.25) is 0 Å². The van der Waals surface area contributed by atoms with Crippen molar-refractivity contribution in [2.75, 3.05) is 26.7 Å². The Bertz CT molecular complexity index is 327. The van der Waals surface area contributed by atoms with Crippen LogP contribution >= 0.6 is 0 Å². The van der Waals surface area contributed by atoms with E-state index in [9.17, 15) is 9.59 Å². The SMILES string of the molecule is CCN(C)C[C@H](C)CNC(=O)CCC(=O)NC1CCCC1. The molecule has 0 saturated heterocycles. The summed E-state index contributed by atoms with van der Waals surface area (Å²) in [4.78, 5) is 25.7. The van der Waals surface area contributed by atoms with E-state index < -0.39 is 0 Å². The molecule has 1 rings (SSSR count). The molecule has 122 valence electrons. The molecule has 1 saturated carbocycles. The van der Waals surface area contributed by atoms with Crippen LogP contribution < -0.4 is 10.6 Å². The maximum absolute atomic E-state index is 11.7. The molecule has 1 aliphatic rings. The Kier molecular flexibility index (Phi) is 8.35. The van der Waals surface area contributed by atoms with E-state index >= 15 is 0 Å². The normalized spacial score (nSPS) is 17.0. The van der Waals surface area contributed by atoms with Crippen molar-refractivity contribution in [1.82, 2.24) is 15.5 Å². The molecule has 0 unspecified atom stereocenters. The molecule has 0 heterocycles. The molecule has 1 atom stereocenters. The summed E-state index contributed by atoms with van der Waals surface area (Å²) in [6, 6.07) is 0.338. The molecular weight excluding hydrogens is 266 g/mol. The Morgan fingerprint density at radius 1 is 1.19 bits per heavy atom. The summed E-state index contributed by atoms with van der Waals surface area (Å²) in [6.07, 6.45) is 5.16. The molecule has 1 aliphatic carbocycles. The lowest BCUT2D eigenvalue weighted by molar-refractivity contribution is -0.126. The maximum Gasteiger partial charge on any atom is 0.220 e. The molecule has 0 radical (unpaired) electrons. The van der Waals surface area contributed by atoms with Gasteiger partial charge in [0.15, 0.2) is 0 Å². The molecule has 0 bridgehead atoms. The van der Waals surface area contributed by atoms with E-state index in [1.807, 2.05) is 0 Å². The van der Waals surface area contributed by atoms with E-state index in [0.29, 0.717) is 24.9 Å². The van der Waals surface area contributed by atoms with Gasteiger partial charge < -0.3 is 15.5 Å². The third kappa shape index (κ3) is 8.05. The van der Waals surface area contributed by atoms with Crippen molar-refractivity contribution >= 4 is 11.8 Å². The van der Waals surface area contributed by atoms with Gasteiger partial charge in [-0.15, -0.1) is 0 Å². The predicted molar refractivity (Wildman–Crippen MR) is 85.0 cm³/mol. The molecule has 0 aromatic carbocycles. The van der Waals surface area contributed by atoms with Crippen LogP contribution in [0.15, 0.2) is 0 Å². The Morgan fingerprint density at radius 2 is 1.81 bits per heavy atom. The minimum Gasteiger partial charge on any atom is -0.356 e. The van der Waals surface area contributed by atoms with Gasteiger partial charge in [0, 0.05) is 32.0 Å². The Morgan fingerprint density at radius 3 is 2.43 bits per heavy atom. The molecule has 0 aliphatic heterocycles. The lowest BCUT2D eigenvalue weighted by Crippen LogP contribution is -2.36. The molecular formula is C16H31N3O2. The Labute approximate surface area is 128 Å². The predicted octanol–water partition coefficient (Wildman–Crippen LogP) is 1.53. The lowest BCUT2D eigenvalue weighted by Gasteiger charge is -2.19. The van der Waals surface area contributed by atoms with Gasteiger partial charge in [0.2, 0.25) is 11.8 Å². The quantitative estimate of drug-likeness (QED) is 0.678. The second kappa shape index (κ2) is 9.77. The van der Waals surface area contributed by atoms with E-state index in [0.717, 1.165) is 25.9 Å². The Hall–Kier alpha value is -1.10. The summed E-state index contributed by atoms with van der Waals surface area (Å²) in [5.41, 5.74) is 0. The average molecular weight is 297 g/mol. The number of nitrogens with one attached hydrogen (secondary N) is 2. The highest BCUT2D eigenvalue weighted by Crippen LogP contribution is 2.17. The van der Waals surface area contributed by atoms with Crippen LogP contribution in [0.1, 0.15) is 52.4 Å². The van der Waals surface area contributed by atoms with Crippen LogP contribution in [0.5, 0.6) is 0 Å². The first-order valence-electron chi connectivity index (χ1n) is 8.25. The minimum absolute atomic E-state index is 0.0100. The second-order valence-electron chi connectivity index (χ2n) is 6.31. The molecule has 2 N–H and O–H groups in total. The molecule has 0 aromatic heterocycles. The van der Waals surface area contributed by atoms with Crippen LogP contribution in [0, 0.1) is 5.92 Å². The summed E-state index contributed by atoms with van der Waals surface area (Å²) < 4.78 is 0. The monoisotopic (exact) mass is 297 g/mol. The molecule has 21 heavy (non-hydrogen) atoms. The second-order valence-corrected chi connectivity index (χ2v) is 6.31. The lowest BCUT2D eigenvalue weighted by atomic mass is 10.1. The molecule has 2 amide bonds. The number of hydrogen-bond donors (Lipinski definition) is 2. The molecule has 5 nitrogen and oxygen atoms in total. The van der Waals surface area contributed by atoms with Crippen molar-refractivity contribution in [3.63, 3.8) is 0 Å². The van der Waals surface area contributed by atoms with Crippen LogP contribution in [0.4, 0.5) is 0 Å². The van der Waals surface area contributed by atoms with Crippen molar-refractivity contribution < 1.29 is 9.59 Å². The van der Waals surface area contributed by atoms with E-state index in [1.54, 1.807) is 0 Å². The standard InChI is InChI=1S/C16H31N3O2/c1-4-19(3)12-13(2)11-17-15(20)9-10-16(21)18-14-7-5-6-8-14/h13-14H,4-12H2,1-3H3,(H,17,20)(H,18,21)/t13-/m1/s1. The maximum atomic E-state index is 11.7. The highest BCUT2D eigenvalue weighted by atomic mass is 16.2. The zero-order valence-electron chi connectivity index (χ0n) is 13.8. The summed E-state index contributed by atoms with van der Waals surface area (Å²) in [5, 5.41) is 5.92. The zero-order chi connectivity index (χ0) is 15.7. The number of nitrogens with zero attached hydrogens (tertiary/aromatic N) is 1. The number of rotatable bonds is 9. The number of carbonyl (C=O) groups is 2. The first kappa shape index (κ1) is 18.0. The van der Waals surface area contributed by atoms with Gasteiger partial charge in [-0.05, 0) is 32.4 Å². The fraction of sp³-hybridized carbons (Fsp3) is 0.875. The van der Waals surface area contributed by atoms with Crippen molar-refractivity contribution in [2.45, 2.75) is 58.4 Å². The summed E-state index contributed by atoms with van der Waals surface area (Å²) >= 11 is 0.